The fourth-order valence-electron chi connectivity index (χ4n) is 3.45. The molecule has 5 heteroatoms. The minimum Gasteiger partial charge on any atom is -0.493 e. The number of esters is 1. The van der Waals surface area contributed by atoms with Gasteiger partial charge in [-0.3, -0.25) is 9.59 Å². The summed E-state index contributed by atoms with van der Waals surface area (Å²) in [6.45, 7) is 2.27. The number of rotatable bonds is 5. The average Bonchev–Trinajstić information content (AvgIpc) is 2.67. The van der Waals surface area contributed by atoms with E-state index in [4.69, 9.17) is 9.47 Å². The standard InChI is InChI=1S/C21H23NO4/c1-15-14-18(21(24)25-2)17-10-6-7-11-19(17)22(15)20(23)12-13-26-16-8-4-3-5-9-16/h3-11,15,18H,12-14H2,1-2H3. The summed E-state index contributed by atoms with van der Waals surface area (Å²) in [5, 5.41) is 0. The van der Waals surface area contributed by atoms with E-state index in [9.17, 15) is 9.59 Å². The fourth-order valence-corrected chi connectivity index (χ4v) is 3.45. The molecular weight excluding hydrogens is 330 g/mol. The lowest BCUT2D eigenvalue weighted by atomic mass is 9.86. The van der Waals surface area contributed by atoms with Crippen LogP contribution in [0.5, 0.6) is 5.75 Å². The Morgan fingerprint density at radius 1 is 1.08 bits per heavy atom. The largest absolute Gasteiger partial charge is 0.493 e. The van der Waals surface area contributed by atoms with Crippen molar-refractivity contribution in [2.45, 2.75) is 31.7 Å². The molecule has 0 radical (unpaired) electrons. The van der Waals surface area contributed by atoms with Crippen LogP contribution in [0, 0.1) is 0 Å². The highest BCUT2D eigenvalue weighted by Crippen LogP contribution is 2.39. The first-order chi connectivity index (χ1) is 12.6. The van der Waals surface area contributed by atoms with Crippen LogP contribution in [0.2, 0.25) is 0 Å². The number of para-hydroxylation sites is 2. The normalized spacial score (nSPS) is 18.8. The van der Waals surface area contributed by atoms with Gasteiger partial charge >= 0.3 is 5.97 Å². The van der Waals surface area contributed by atoms with Crippen molar-refractivity contribution in [3.05, 3.63) is 60.2 Å². The van der Waals surface area contributed by atoms with Gasteiger partial charge in [-0.25, -0.2) is 0 Å². The van der Waals surface area contributed by atoms with Crippen LogP contribution in [0.4, 0.5) is 5.69 Å². The Labute approximate surface area is 153 Å². The van der Waals surface area contributed by atoms with Gasteiger partial charge in [-0.2, -0.15) is 0 Å². The van der Waals surface area contributed by atoms with Gasteiger partial charge in [0.1, 0.15) is 5.75 Å². The average molecular weight is 353 g/mol. The lowest BCUT2D eigenvalue weighted by Gasteiger charge is -2.38. The Hall–Kier alpha value is -2.82. The topological polar surface area (TPSA) is 55.8 Å². The van der Waals surface area contributed by atoms with Crippen molar-refractivity contribution in [1.82, 2.24) is 0 Å². The van der Waals surface area contributed by atoms with E-state index in [0.717, 1.165) is 17.0 Å². The number of nitrogens with zero attached hydrogens (tertiary/aromatic N) is 1. The fraction of sp³-hybridized carbons (Fsp3) is 0.333. The summed E-state index contributed by atoms with van der Waals surface area (Å²) >= 11 is 0. The summed E-state index contributed by atoms with van der Waals surface area (Å²) in [7, 11) is 1.40. The van der Waals surface area contributed by atoms with Crippen LogP contribution < -0.4 is 9.64 Å². The number of carbonyl (C=O) groups excluding carboxylic acids is 2. The number of fused-ring (bicyclic) bond motifs is 1. The number of amides is 1. The van der Waals surface area contributed by atoms with Gasteiger partial charge in [-0.05, 0) is 37.1 Å². The number of anilines is 1. The van der Waals surface area contributed by atoms with Crippen LogP contribution in [0.3, 0.4) is 0 Å². The van der Waals surface area contributed by atoms with E-state index in [2.05, 4.69) is 0 Å². The van der Waals surface area contributed by atoms with Crippen molar-refractivity contribution in [1.29, 1.82) is 0 Å². The first-order valence-corrected chi connectivity index (χ1v) is 8.78. The van der Waals surface area contributed by atoms with E-state index < -0.39 is 0 Å². The molecule has 5 nitrogen and oxygen atoms in total. The van der Waals surface area contributed by atoms with E-state index in [1.165, 1.54) is 7.11 Å². The molecule has 0 saturated heterocycles. The molecule has 1 aliphatic heterocycles. The zero-order chi connectivity index (χ0) is 18.5. The summed E-state index contributed by atoms with van der Waals surface area (Å²) in [4.78, 5) is 26.8. The quantitative estimate of drug-likeness (QED) is 0.772. The molecule has 0 spiro atoms. The molecule has 136 valence electrons. The van der Waals surface area contributed by atoms with Crippen LogP contribution >= 0.6 is 0 Å². The van der Waals surface area contributed by atoms with E-state index in [-0.39, 0.29) is 30.3 Å². The second-order valence-electron chi connectivity index (χ2n) is 6.39. The SMILES string of the molecule is COC(=O)C1CC(C)N(C(=O)CCOc2ccccc2)c2ccccc21. The zero-order valence-corrected chi connectivity index (χ0v) is 15.1. The van der Waals surface area contributed by atoms with Crippen molar-refractivity contribution in [3.63, 3.8) is 0 Å². The molecule has 0 bridgehead atoms. The highest BCUT2D eigenvalue weighted by molar-refractivity contribution is 5.97. The molecule has 26 heavy (non-hydrogen) atoms. The Morgan fingerprint density at radius 3 is 2.50 bits per heavy atom. The van der Waals surface area contributed by atoms with E-state index in [1.54, 1.807) is 4.90 Å². The summed E-state index contributed by atoms with van der Waals surface area (Å²) < 4.78 is 10.6. The van der Waals surface area contributed by atoms with Crippen LogP contribution in [0.25, 0.3) is 0 Å². The van der Waals surface area contributed by atoms with Gasteiger partial charge in [0, 0.05) is 11.7 Å². The Bertz CT molecular complexity index is 775. The lowest BCUT2D eigenvalue weighted by Crippen LogP contribution is -2.45. The molecule has 0 N–H and O–H groups in total. The van der Waals surface area contributed by atoms with Gasteiger partial charge in [-0.15, -0.1) is 0 Å². The number of ether oxygens (including phenoxy) is 2. The minimum absolute atomic E-state index is 0.0100. The maximum absolute atomic E-state index is 12.8. The molecule has 0 aliphatic carbocycles. The third kappa shape index (κ3) is 3.72. The van der Waals surface area contributed by atoms with Crippen LogP contribution in [0.1, 0.15) is 31.2 Å². The van der Waals surface area contributed by atoms with E-state index in [1.807, 2.05) is 61.5 Å². The maximum Gasteiger partial charge on any atom is 0.313 e. The maximum atomic E-state index is 12.8. The zero-order valence-electron chi connectivity index (χ0n) is 15.1. The number of hydrogen-bond acceptors (Lipinski definition) is 4. The number of carbonyl (C=O) groups is 2. The van der Waals surface area contributed by atoms with E-state index >= 15 is 0 Å². The van der Waals surface area contributed by atoms with Crippen LogP contribution in [-0.4, -0.2) is 31.6 Å². The summed E-state index contributed by atoms with van der Waals surface area (Å²) in [5.74, 6) is 0.141. The van der Waals surface area contributed by atoms with Gasteiger partial charge < -0.3 is 14.4 Å². The van der Waals surface area contributed by atoms with Gasteiger partial charge in [0.05, 0.1) is 26.1 Å². The molecule has 2 unspecified atom stereocenters. The van der Waals surface area contributed by atoms with Crippen LogP contribution in [0.15, 0.2) is 54.6 Å². The van der Waals surface area contributed by atoms with Crippen molar-refractivity contribution in [2.24, 2.45) is 0 Å². The molecule has 1 amide bonds. The Balaban J connectivity index is 1.74. The van der Waals surface area contributed by atoms with Gasteiger partial charge in [0.25, 0.3) is 0 Å². The van der Waals surface area contributed by atoms with Crippen molar-refractivity contribution in [2.75, 3.05) is 18.6 Å². The Kier molecular flexibility index (Phi) is 5.56. The molecule has 3 rings (SSSR count). The van der Waals surface area contributed by atoms with Gasteiger partial charge in [0.15, 0.2) is 0 Å². The first-order valence-electron chi connectivity index (χ1n) is 8.78. The van der Waals surface area contributed by atoms with Gasteiger partial charge in [-0.1, -0.05) is 36.4 Å². The summed E-state index contributed by atoms with van der Waals surface area (Å²) in [5.41, 5.74) is 1.63. The smallest absolute Gasteiger partial charge is 0.313 e. The lowest BCUT2D eigenvalue weighted by molar-refractivity contribution is -0.143. The predicted molar refractivity (Wildman–Crippen MR) is 99.3 cm³/mol. The molecule has 1 heterocycles. The molecule has 2 aromatic carbocycles. The number of benzene rings is 2. The highest BCUT2D eigenvalue weighted by atomic mass is 16.5. The Morgan fingerprint density at radius 2 is 1.77 bits per heavy atom. The molecule has 0 saturated carbocycles. The highest BCUT2D eigenvalue weighted by Gasteiger charge is 2.37. The summed E-state index contributed by atoms with van der Waals surface area (Å²) in [6, 6.07) is 16.9. The second-order valence-corrected chi connectivity index (χ2v) is 6.39. The number of methoxy groups -OCH3 is 1. The summed E-state index contributed by atoms with van der Waals surface area (Å²) in [6.07, 6.45) is 0.825. The monoisotopic (exact) mass is 353 g/mol. The van der Waals surface area contributed by atoms with Crippen LogP contribution in [-0.2, 0) is 14.3 Å². The van der Waals surface area contributed by atoms with Crippen molar-refractivity contribution < 1.29 is 19.1 Å². The number of hydrogen-bond donors (Lipinski definition) is 0. The predicted octanol–water partition coefficient (Wildman–Crippen LogP) is 3.54. The molecule has 2 aromatic rings. The van der Waals surface area contributed by atoms with Gasteiger partial charge in [0.2, 0.25) is 5.91 Å². The second kappa shape index (κ2) is 8.04. The van der Waals surface area contributed by atoms with Crippen molar-refractivity contribution in [3.8, 4) is 5.75 Å². The third-order valence-electron chi connectivity index (χ3n) is 4.67. The third-order valence-corrected chi connectivity index (χ3v) is 4.67. The molecule has 2 atom stereocenters. The minimum atomic E-state index is -0.337. The molecular formula is C21H23NO4. The van der Waals surface area contributed by atoms with E-state index in [0.29, 0.717) is 13.0 Å². The first kappa shape index (κ1) is 18.0. The molecule has 0 aromatic heterocycles. The molecule has 1 aliphatic rings. The molecule has 0 fully saturated rings. The van der Waals surface area contributed by atoms with Crippen molar-refractivity contribution >= 4 is 17.6 Å².